The van der Waals surface area contributed by atoms with Gasteiger partial charge in [-0.3, -0.25) is 0 Å². The Morgan fingerprint density at radius 1 is 0.629 bits per heavy atom. The largest absolute Gasteiger partial charge is 0.550 e. The number of carboxylic acid groups (broad SMARTS) is 1. The maximum Gasteiger partial charge on any atom is 0.210 e. The molecule has 0 aliphatic carbocycles. The molecule has 35 heavy (non-hydrogen) atoms. The fourth-order valence-electron chi connectivity index (χ4n) is 5.00. The van der Waals surface area contributed by atoms with E-state index >= 15 is 0 Å². The minimum atomic E-state index is -0.906. The quantitative estimate of drug-likeness (QED) is 0.137. The van der Waals surface area contributed by atoms with E-state index in [1.165, 1.54) is 120 Å². The van der Waals surface area contributed by atoms with Gasteiger partial charge in [0.1, 0.15) is 0 Å². The number of benzene rings is 1. The van der Waals surface area contributed by atoms with Gasteiger partial charge in [-0.1, -0.05) is 115 Å². The van der Waals surface area contributed by atoms with Gasteiger partial charge in [-0.05, 0) is 31.7 Å². The van der Waals surface area contributed by atoms with Gasteiger partial charge in [0, 0.05) is 36.7 Å². The van der Waals surface area contributed by atoms with Gasteiger partial charge in [-0.25, -0.2) is 0 Å². The van der Waals surface area contributed by atoms with Crippen molar-refractivity contribution >= 4 is 5.97 Å². The summed E-state index contributed by atoms with van der Waals surface area (Å²) in [6, 6.07) is 15.1. The number of unbranched alkanes of at least 4 members (excludes halogenated alkanes) is 16. The van der Waals surface area contributed by atoms with E-state index in [2.05, 4.69) is 60.2 Å². The molecule has 2 rings (SSSR count). The van der Waals surface area contributed by atoms with Crippen LogP contribution in [0.5, 0.6) is 0 Å². The first-order valence-electron chi connectivity index (χ1n) is 14.4. The number of para-hydroxylation sites is 1. The van der Waals surface area contributed by atoms with Gasteiger partial charge in [0.2, 0.25) is 5.69 Å². The predicted molar refractivity (Wildman–Crippen MR) is 145 cm³/mol. The van der Waals surface area contributed by atoms with Crippen LogP contribution in [0.3, 0.4) is 0 Å². The first kappa shape index (κ1) is 29.1. The van der Waals surface area contributed by atoms with E-state index in [0.717, 1.165) is 12.8 Å². The van der Waals surface area contributed by atoms with E-state index in [-0.39, 0.29) is 6.42 Å². The van der Waals surface area contributed by atoms with Crippen molar-refractivity contribution in [1.29, 1.82) is 0 Å². The molecule has 1 heterocycles. The van der Waals surface area contributed by atoms with Gasteiger partial charge in [-0.15, -0.1) is 0 Å². The predicted octanol–water partition coefficient (Wildman–Crippen LogP) is 7.59. The second kappa shape index (κ2) is 19.1. The molecule has 1 aromatic heterocycles. The lowest BCUT2D eigenvalue weighted by atomic mass is 10.0. The van der Waals surface area contributed by atoms with Crippen LogP contribution in [0.2, 0.25) is 0 Å². The summed E-state index contributed by atoms with van der Waals surface area (Å²) in [4.78, 5) is 10.4. The van der Waals surface area contributed by atoms with E-state index in [1.807, 2.05) is 0 Å². The summed E-state index contributed by atoms with van der Waals surface area (Å²) in [5, 5.41) is 10.4. The fraction of sp³-hybridized carbons (Fsp3) is 0.625. The Balaban J connectivity index is 1.37. The summed E-state index contributed by atoms with van der Waals surface area (Å²) in [5.74, 6) is -0.906. The SMILES string of the molecule is Cc1c(CCCCCCCCCCCCCCCCCCCC(=O)[O-])ccc[n+]1-c1ccccc1. The average molecular weight is 480 g/mol. The molecular weight excluding hydrogens is 430 g/mol. The normalized spacial score (nSPS) is 11.1. The summed E-state index contributed by atoms with van der Waals surface area (Å²) in [5.41, 5.74) is 4.08. The van der Waals surface area contributed by atoms with Crippen LogP contribution < -0.4 is 9.67 Å². The van der Waals surface area contributed by atoms with Crippen molar-refractivity contribution < 1.29 is 14.5 Å². The molecule has 0 atom stereocenters. The number of carbonyl (C=O) groups excluding carboxylic acids is 1. The van der Waals surface area contributed by atoms with Crippen molar-refractivity contribution in [2.24, 2.45) is 0 Å². The summed E-state index contributed by atoms with van der Waals surface area (Å²) >= 11 is 0. The molecule has 3 heteroatoms. The maximum absolute atomic E-state index is 10.4. The second-order valence-electron chi connectivity index (χ2n) is 10.2. The summed E-state index contributed by atoms with van der Waals surface area (Å²) in [7, 11) is 0. The molecule has 0 bridgehead atoms. The molecule has 0 fully saturated rings. The Hall–Kier alpha value is -2.16. The number of pyridine rings is 1. The van der Waals surface area contributed by atoms with Crippen LogP contribution >= 0.6 is 0 Å². The Labute approximate surface area is 215 Å². The van der Waals surface area contributed by atoms with Crippen LogP contribution in [-0.4, -0.2) is 5.97 Å². The number of carboxylic acids is 1. The van der Waals surface area contributed by atoms with Crippen molar-refractivity contribution in [3.05, 3.63) is 59.9 Å². The molecule has 0 spiro atoms. The highest BCUT2D eigenvalue weighted by Crippen LogP contribution is 2.16. The van der Waals surface area contributed by atoms with Gasteiger partial charge >= 0.3 is 0 Å². The third kappa shape index (κ3) is 13.5. The minimum Gasteiger partial charge on any atom is -0.550 e. The molecule has 0 saturated heterocycles. The summed E-state index contributed by atoms with van der Waals surface area (Å²) in [6.07, 6.45) is 25.6. The number of aliphatic carboxylic acids is 1. The number of nitrogens with zero attached hydrogens (tertiary/aromatic N) is 1. The first-order valence-corrected chi connectivity index (χ1v) is 14.4. The molecule has 194 valence electrons. The van der Waals surface area contributed by atoms with Crippen molar-refractivity contribution in [2.75, 3.05) is 0 Å². The molecule has 2 aromatic rings. The summed E-state index contributed by atoms with van der Waals surface area (Å²) in [6.45, 7) is 2.24. The Bertz CT molecular complexity index is 802. The van der Waals surface area contributed by atoms with Crippen molar-refractivity contribution in [1.82, 2.24) is 0 Å². The number of hydrogen-bond acceptors (Lipinski definition) is 2. The molecule has 0 aliphatic rings. The number of carbonyl (C=O) groups is 1. The van der Waals surface area contributed by atoms with E-state index in [9.17, 15) is 9.90 Å². The third-order valence-corrected chi connectivity index (χ3v) is 7.22. The zero-order valence-electron chi connectivity index (χ0n) is 22.3. The van der Waals surface area contributed by atoms with Gasteiger partial charge in [0.25, 0.3) is 0 Å². The highest BCUT2D eigenvalue weighted by molar-refractivity contribution is 5.64. The zero-order chi connectivity index (χ0) is 25.0. The summed E-state index contributed by atoms with van der Waals surface area (Å²) < 4.78 is 2.31. The van der Waals surface area contributed by atoms with Crippen molar-refractivity contribution in [2.45, 2.75) is 129 Å². The van der Waals surface area contributed by atoms with Crippen molar-refractivity contribution in [3.8, 4) is 5.69 Å². The molecule has 0 amide bonds. The average Bonchev–Trinajstić information content (AvgIpc) is 2.86. The fourth-order valence-corrected chi connectivity index (χ4v) is 5.00. The molecular formula is C32H49NO2. The Morgan fingerprint density at radius 3 is 1.57 bits per heavy atom. The van der Waals surface area contributed by atoms with E-state index in [1.54, 1.807) is 0 Å². The van der Waals surface area contributed by atoms with Crippen LogP contribution in [-0.2, 0) is 11.2 Å². The molecule has 0 saturated carbocycles. The molecule has 0 radical (unpaired) electrons. The molecule has 1 aromatic carbocycles. The van der Waals surface area contributed by atoms with E-state index < -0.39 is 5.97 Å². The third-order valence-electron chi connectivity index (χ3n) is 7.22. The molecule has 0 N–H and O–H groups in total. The lowest BCUT2D eigenvalue weighted by Crippen LogP contribution is -2.34. The lowest BCUT2D eigenvalue weighted by molar-refractivity contribution is -0.603. The topological polar surface area (TPSA) is 44.0 Å². The minimum absolute atomic E-state index is 0.226. The smallest absolute Gasteiger partial charge is 0.210 e. The van der Waals surface area contributed by atoms with Crippen LogP contribution in [0.4, 0.5) is 0 Å². The lowest BCUT2D eigenvalue weighted by Gasteiger charge is -2.06. The van der Waals surface area contributed by atoms with E-state index in [0.29, 0.717) is 0 Å². The second-order valence-corrected chi connectivity index (χ2v) is 10.2. The zero-order valence-corrected chi connectivity index (χ0v) is 22.3. The highest BCUT2D eigenvalue weighted by Gasteiger charge is 2.13. The van der Waals surface area contributed by atoms with Crippen LogP contribution in [0.1, 0.15) is 127 Å². The van der Waals surface area contributed by atoms with Crippen LogP contribution in [0.25, 0.3) is 5.69 Å². The standard InChI is InChI=1S/C32H49NO2/c1-29-30(24-22-28-33(29)31-25-19-17-20-26-31)23-18-15-13-11-9-7-5-3-2-4-6-8-10-12-14-16-21-27-32(34)35/h17,19-20,22,24-26,28H,2-16,18,21,23,27H2,1H3. The van der Waals surface area contributed by atoms with Crippen molar-refractivity contribution in [3.63, 3.8) is 0 Å². The van der Waals surface area contributed by atoms with Gasteiger partial charge in [-0.2, -0.15) is 4.57 Å². The first-order chi connectivity index (χ1) is 17.2. The maximum atomic E-state index is 10.4. The van der Waals surface area contributed by atoms with E-state index in [4.69, 9.17) is 0 Å². The number of aromatic nitrogens is 1. The molecule has 0 aliphatic heterocycles. The Kier molecular flexibility index (Phi) is 15.8. The highest BCUT2D eigenvalue weighted by atomic mass is 16.4. The number of aryl methyl sites for hydroxylation is 1. The van der Waals surface area contributed by atoms with Crippen LogP contribution in [0, 0.1) is 6.92 Å². The molecule has 3 nitrogen and oxygen atoms in total. The van der Waals surface area contributed by atoms with Crippen LogP contribution in [0.15, 0.2) is 48.7 Å². The Morgan fingerprint density at radius 2 is 1.09 bits per heavy atom. The molecule has 0 unspecified atom stereocenters. The van der Waals surface area contributed by atoms with Gasteiger partial charge < -0.3 is 9.90 Å². The monoisotopic (exact) mass is 479 g/mol. The van der Waals surface area contributed by atoms with Gasteiger partial charge in [0.15, 0.2) is 11.9 Å². The number of hydrogen-bond donors (Lipinski definition) is 0. The number of rotatable bonds is 21. The van der Waals surface area contributed by atoms with Gasteiger partial charge in [0.05, 0.1) is 0 Å².